The molecule has 0 bridgehead atoms. The number of hydrogen-bond acceptors (Lipinski definition) is 5. The van der Waals surface area contributed by atoms with Crippen molar-refractivity contribution in [2.75, 3.05) is 7.11 Å². The molecule has 0 spiro atoms. The Kier molecular flexibility index (Phi) is 8.60. The summed E-state index contributed by atoms with van der Waals surface area (Å²) in [5.74, 6) is 1.87. The van der Waals surface area contributed by atoms with Crippen molar-refractivity contribution < 1.29 is 9.53 Å². The van der Waals surface area contributed by atoms with E-state index in [1.165, 1.54) is 0 Å². The minimum atomic E-state index is -0.423. The van der Waals surface area contributed by atoms with Crippen LogP contribution in [0.15, 0.2) is 4.79 Å². The van der Waals surface area contributed by atoms with Crippen LogP contribution in [-0.2, 0) is 9.53 Å². The van der Waals surface area contributed by atoms with E-state index in [1.54, 1.807) is 7.11 Å². The monoisotopic (exact) mass is 392 g/mol. The first-order valence-corrected chi connectivity index (χ1v) is 10.7. The molecule has 158 valence electrons. The maximum absolute atomic E-state index is 12.7. The summed E-state index contributed by atoms with van der Waals surface area (Å²) in [5, 5.41) is 11.3. The molecule has 0 radical (unpaired) electrons. The number of nitrogens with one attached hydrogen (secondary N) is 2. The van der Waals surface area contributed by atoms with Gasteiger partial charge in [0.1, 0.15) is 6.10 Å². The van der Waals surface area contributed by atoms with Crippen LogP contribution in [0.2, 0.25) is 0 Å². The molecule has 1 aromatic heterocycles. The van der Waals surface area contributed by atoms with Crippen LogP contribution in [-0.4, -0.2) is 28.2 Å². The molecule has 1 amide bonds. The number of methoxy groups -OCH3 is 1. The van der Waals surface area contributed by atoms with Gasteiger partial charge in [0, 0.05) is 13.0 Å². The lowest BCUT2D eigenvalue weighted by Gasteiger charge is -2.31. The molecule has 2 atom stereocenters. The highest BCUT2D eigenvalue weighted by Gasteiger charge is 2.29. The van der Waals surface area contributed by atoms with E-state index in [1.807, 2.05) is 13.8 Å². The second-order valence-electron chi connectivity index (χ2n) is 8.26. The molecule has 1 aliphatic rings. The van der Waals surface area contributed by atoms with Crippen molar-refractivity contribution in [1.29, 1.82) is 0 Å². The number of carbonyl (C=O) groups is 1. The van der Waals surface area contributed by atoms with E-state index < -0.39 is 6.04 Å². The summed E-state index contributed by atoms with van der Waals surface area (Å²) in [4.78, 5) is 28.1. The number of hydrogen-bond donors (Lipinski definition) is 2. The van der Waals surface area contributed by atoms with Crippen LogP contribution in [0.4, 0.5) is 0 Å². The van der Waals surface area contributed by atoms with Gasteiger partial charge in [0.05, 0.1) is 6.04 Å². The Morgan fingerprint density at radius 2 is 1.89 bits per heavy atom. The Balaban J connectivity index is 2.05. The minimum Gasteiger partial charge on any atom is -0.373 e. The number of aromatic amines is 1. The van der Waals surface area contributed by atoms with Crippen LogP contribution >= 0.6 is 0 Å². The molecule has 1 saturated carbocycles. The molecular formula is C21H36N4O3. The van der Waals surface area contributed by atoms with E-state index in [0.29, 0.717) is 24.1 Å². The molecule has 2 rings (SSSR count). The molecule has 1 heterocycles. The van der Waals surface area contributed by atoms with Crippen LogP contribution < -0.4 is 10.9 Å². The number of aromatic nitrogens is 3. The highest BCUT2D eigenvalue weighted by molar-refractivity contribution is 5.79. The average Bonchev–Trinajstić information content (AvgIpc) is 2.70. The molecule has 1 fully saturated rings. The largest absolute Gasteiger partial charge is 0.373 e. The van der Waals surface area contributed by atoms with Crippen molar-refractivity contribution in [2.45, 2.75) is 84.8 Å². The first-order chi connectivity index (χ1) is 13.4. The Labute approximate surface area is 168 Å². The molecule has 1 aliphatic carbocycles. The molecule has 0 aliphatic heterocycles. The fourth-order valence-electron chi connectivity index (χ4n) is 4.06. The molecule has 0 saturated heterocycles. The topological polar surface area (TPSA) is 97.0 Å². The predicted octanol–water partition coefficient (Wildman–Crippen LogP) is 3.68. The van der Waals surface area contributed by atoms with E-state index >= 15 is 0 Å². The number of H-pyrrole nitrogens is 1. The van der Waals surface area contributed by atoms with Crippen molar-refractivity contribution in [2.24, 2.45) is 17.8 Å². The van der Waals surface area contributed by atoms with E-state index in [0.717, 1.165) is 38.5 Å². The summed E-state index contributed by atoms with van der Waals surface area (Å²) in [5.41, 5.74) is -0.0411. The Morgan fingerprint density at radius 3 is 2.39 bits per heavy atom. The van der Waals surface area contributed by atoms with Crippen LogP contribution in [0.5, 0.6) is 0 Å². The first kappa shape index (κ1) is 22.5. The highest BCUT2D eigenvalue weighted by atomic mass is 16.5. The van der Waals surface area contributed by atoms with Crippen LogP contribution in [0, 0.1) is 17.8 Å². The number of nitrogens with zero attached hydrogens (tertiary/aromatic N) is 2. The predicted molar refractivity (Wildman–Crippen MR) is 109 cm³/mol. The highest BCUT2D eigenvalue weighted by Crippen LogP contribution is 2.33. The van der Waals surface area contributed by atoms with E-state index in [-0.39, 0.29) is 29.2 Å². The zero-order valence-electron chi connectivity index (χ0n) is 18.0. The van der Waals surface area contributed by atoms with E-state index in [2.05, 4.69) is 34.3 Å². The van der Waals surface area contributed by atoms with Gasteiger partial charge >= 0.3 is 0 Å². The third kappa shape index (κ3) is 5.63. The molecule has 7 nitrogen and oxygen atoms in total. The van der Waals surface area contributed by atoms with Gasteiger partial charge in [-0.2, -0.15) is 0 Å². The smallest absolute Gasteiger partial charge is 0.275 e. The van der Waals surface area contributed by atoms with Gasteiger partial charge in [-0.1, -0.05) is 34.1 Å². The summed E-state index contributed by atoms with van der Waals surface area (Å²) in [6.07, 6.45) is 6.01. The van der Waals surface area contributed by atoms with Crippen molar-refractivity contribution in [3.63, 3.8) is 0 Å². The number of ether oxygens (including phenoxy) is 1. The standard InChI is InChI=1S/C21H36N4O3/c1-6-8-17(28-5)19-23-21(27)18(24-25-19)16(7-2)22-20(26)15-11-9-14(10-12-15)13(3)4/h13-17H,6-12H2,1-5H3,(H,22,26)(H,23,25,27). The van der Waals surface area contributed by atoms with Gasteiger partial charge in [-0.05, 0) is 50.4 Å². The summed E-state index contributed by atoms with van der Waals surface area (Å²) in [6, 6.07) is -0.423. The molecule has 2 N–H and O–H groups in total. The van der Waals surface area contributed by atoms with Gasteiger partial charge in [0.2, 0.25) is 5.91 Å². The SMILES string of the molecule is CCCC(OC)c1nnc(C(CC)NC(=O)C2CCC(C(C)C)CC2)c(=O)[nH]1. The molecule has 1 aromatic rings. The van der Waals surface area contributed by atoms with Crippen LogP contribution in [0.3, 0.4) is 0 Å². The van der Waals surface area contributed by atoms with Gasteiger partial charge in [-0.15, -0.1) is 10.2 Å². The van der Waals surface area contributed by atoms with Gasteiger partial charge in [0.15, 0.2) is 11.5 Å². The Hall–Kier alpha value is -1.76. The Morgan fingerprint density at radius 1 is 1.21 bits per heavy atom. The van der Waals surface area contributed by atoms with Crippen molar-refractivity contribution in [3.8, 4) is 0 Å². The number of amides is 1. The molecular weight excluding hydrogens is 356 g/mol. The normalized spacial score (nSPS) is 22.1. The fourth-order valence-corrected chi connectivity index (χ4v) is 4.06. The number of rotatable bonds is 9. The minimum absolute atomic E-state index is 0.0257. The van der Waals surface area contributed by atoms with E-state index in [4.69, 9.17) is 4.74 Å². The lowest BCUT2D eigenvalue weighted by Crippen LogP contribution is -2.39. The average molecular weight is 393 g/mol. The maximum Gasteiger partial charge on any atom is 0.275 e. The molecule has 0 aromatic carbocycles. The zero-order valence-corrected chi connectivity index (χ0v) is 18.0. The quantitative estimate of drug-likeness (QED) is 0.668. The summed E-state index contributed by atoms with van der Waals surface area (Å²) >= 11 is 0. The van der Waals surface area contributed by atoms with Gasteiger partial charge in [0.25, 0.3) is 5.56 Å². The van der Waals surface area contributed by atoms with Crippen LogP contribution in [0.1, 0.15) is 96.3 Å². The second-order valence-corrected chi connectivity index (χ2v) is 8.26. The van der Waals surface area contributed by atoms with Gasteiger partial charge in [-0.25, -0.2) is 0 Å². The summed E-state index contributed by atoms with van der Waals surface area (Å²) < 4.78 is 5.39. The number of carbonyl (C=O) groups excluding carboxylic acids is 1. The molecule has 7 heteroatoms. The lowest BCUT2D eigenvalue weighted by atomic mass is 9.76. The van der Waals surface area contributed by atoms with Crippen molar-refractivity contribution >= 4 is 5.91 Å². The first-order valence-electron chi connectivity index (χ1n) is 10.7. The second kappa shape index (κ2) is 10.7. The van der Waals surface area contributed by atoms with Crippen molar-refractivity contribution in [1.82, 2.24) is 20.5 Å². The van der Waals surface area contributed by atoms with Crippen LogP contribution in [0.25, 0.3) is 0 Å². The third-order valence-corrected chi connectivity index (χ3v) is 6.02. The maximum atomic E-state index is 12.7. The van der Waals surface area contributed by atoms with Gasteiger partial charge in [-0.3, -0.25) is 9.59 Å². The molecule has 28 heavy (non-hydrogen) atoms. The Bertz CT molecular complexity index is 680. The van der Waals surface area contributed by atoms with E-state index in [9.17, 15) is 9.59 Å². The summed E-state index contributed by atoms with van der Waals surface area (Å²) in [7, 11) is 1.59. The zero-order chi connectivity index (χ0) is 20.7. The summed E-state index contributed by atoms with van der Waals surface area (Å²) in [6.45, 7) is 8.48. The van der Waals surface area contributed by atoms with Crippen molar-refractivity contribution in [3.05, 3.63) is 21.9 Å². The molecule has 2 unspecified atom stereocenters. The fraction of sp³-hybridized carbons (Fsp3) is 0.810. The lowest BCUT2D eigenvalue weighted by molar-refractivity contribution is -0.127. The van der Waals surface area contributed by atoms with Gasteiger partial charge < -0.3 is 15.0 Å². The third-order valence-electron chi connectivity index (χ3n) is 6.02.